The minimum atomic E-state index is -0.483. The number of nitrogens with one attached hydrogen (secondary N) is 1. The van der Waals surface area contributed by atoms with E-state index in [2.05, 4.69) is 10.3 Å². The summed E-state index contributed by atoms with van der Waals surface area (Å²) in [6.07, 6.45) is 1.66. The number of amides is 1. The molecule has 7 heteroatoms. The maximum atomic E-state index is 13.3. The Morgan fingerprint density at radius 2 is 1.81 bits per heavy atom. The van der Waals surface area contributed by atoms with Gasteiger partial charge in [0.15, 0.2) is 5.16 Å². The van der Waals surface area contributed by atoms with Crippen molar-refractivity contribution in [3.05, 3.63) is 88.3 Å². The molecule has 31 heavy (non-hydrogen) atoms. The molecule has 1 N–H and O–H groups in total. The third-order valence-electron chi connectivity index (χ3n) is 4.93. The third kappa shape index (κ3) is 4.36. The molecule has 0 fully saturated rings. The molecule has 0 saturated carbocycles. The molecule has 6 nitrogen and oxygen atoms in total. The first-order valence-electron chi connectivity index (χ1n) is 9.92. The van der Waals surface area contributed by atoms with Crippen molar-refractivity contribution in [1.29, 1.82) is 0 Å². The summed E-state index contributed by atoms with van der Waals surface area (Å²) in [5.41, 5.74) is 3.11. The van der Waals surface area contributed by atoms with Crippen LogP contribution < -0.4 is 10.9 Å². The standard InChI is InChI=1S/C24H22N4O2S/c1-15-12-13-25-21(14-15)28-23(30)18-9-5-7-11-20(18)27-24(28)31-17(3)22(29)26-19-10-6-4-8-16(19)2/h4-14,17H,1-3H3,(H,26,29). The normalized spacial score (nSPS) is 12.0. The topological polar surface area (TPSA) is 76.9 Å². The maximum Gasteiger partial charge on any atom is 0.267 e. The summed E-state index contributed by atoms with van der Waals surface area (Å²) in [5, 5.41) is 3.41. The number of pyridine rings is 1. The highest BCUT2D eigenvalue weighted by Crippen LogP contribution is 2.26. The molecule has 2 aromatic heterocycles. The molecule has 2 aromatic carbocycles. The predicted octanol–water partition coefficient (Wildman–Crippen LogP) is 4.52. The lowest BCUT2D eigenvalue weighted by Gasteiger charge is -2.16. The Hall–Kier alpha value is -3.45. The fourth-order valence-corrected chi connectivity index (χ4v) is 4.11. The van der Waals surface area contributed by atoms with Crippen LogP contribution in [-0.2, 0) is 4.79 Å². The van der Waals surface area contributed by atoms with Gasteiger partial charge in [-0.05, 0) is 62.2 Å². The van der Waals surface area contributed by atoms with E-state index >= 15 is 0 Å². The monoisotopic (exact) mass is 430 g/mol. The molecule has 0 bridgehead atoms. The van der Waals surface area contributed by atoms with Crippen LogP contribution >= 0.6 is 11.8 Å². The summed E-state index contributed by atoms with van der Waals surface area (Å²) < 4.78 is 1.48. The molecule has 1 unspecified atom stereocenters. The van der Waals surface area contributed by atoms with Gasteiger partial charge in [0, 0.05) is 11.9 Å². The molecule has 1 atom stereocenters. The Balaban J connectivity index is 1.74. The number of thioether (sulfide) groups is 1. The number of fused-ring (bicyclic) bond motifs is 1. The second kappa shape index (κ2) is 8.73. The fourth-order valence-electron chi connectivity index (χ4n) is 3.20. The average molecular weight is 431 g/mol. The highest BCUT2D eigenvalue weighted by molar-refractivity contribution is 8.00. The molecular weight excluding hydrogens is 408 g/mol. The number of rotatable bonds is 5. The van der Waals surface area contributed by atoms with Crippen LogP contribution in [0.3, 0.4) is 0 Å². The van der Waals surface area contributed by atoms with Gasteiger partial charge in [-0.1, -0.05) is 42.1 Å². The number of hydrogen-bond donors (Lipinski definition) is 1. The number of benzene rings is 2. The van der Waals surface area contributed by atoms with Crippen LogP contribution in [0.1, 0.15) is 18.1 Å². The van der Waals surface area contributed by atoms with Crippen LogP contribution in [0.2, 0.25) is 0 Å². The van der Waals surface area contributed by atoms with Crippen molar-refractivity contribution in [2.24, 2.45) is 0 Å². The number of carbonyl (C=O) groups is 1. The number of aromatic nitrogens is 3. The zero-order chi connectivity index (χ0) is 22.0. The second-order valence-corrected chi connectivity index (χ2v) is 8.62. The molecule has 0 saturated heterocycles. The van der Waals surface area contributed by atoms with Crippen LogP contribution in [0.5, 0.6) is 0 Å². The Morgan fingerprint density at radius 1 is 1.06 bits per heavy atom. The van der Waals surface area contributed by atoms with E-state index in [9.17, 15) is 9.59 Å². The lowest BCUT2D eigenvalue weighted by atomic mass is 10.2. The van der Waals surface area contributed by atoms with Gasteiger partial charge in [0.1, 0.15) is 5.82 Å². The Labute approximate surface area is 184 Å². The second-order valence-electron chi connectivity index (χ2n) is 7.31. The van der Waals surface area contributed by atoms with Gasteiger partial charge in [-0.2, -0.15) is 0 Å². The molecule has 0 spiro atoms. The first kappa shape index (κ1) is 20.8. The molecular formula is C24H22N4O2S. The molecule has 1 amide bonds. The SMILES string of the molecule is Cc1ccnc(-n2c(SC(C)C(=O)Nc3ccccc3C)nc3ccccc3c2=O)c1. The van der Waals surface area contributed by atoms with Crippen molar-refractivity contribution >= 4 is 34.3 Å². The highest BCUT2D eigenvalue weighted by atomic mass is 32.2. The zero-order valence-electron chi connectivity index (χ0n) is 17.5. The molecule has 0 aliphatic carbocycles. The predicted molar refractivity (Wildman–Crippen MR) is 125 cm³/mol. The molecule has 0 aliphatic heterocycles. The number of aryl methyl sites for hydroxylation is 2. The van der Waals surface area contributed by atoms with Gasteiger partial charge in [-0.3, -0.25) is 9.59 Å². The van der Waals surface area contributed by atoms with Gasteiger partial charge < -0.3 is 5.32 Å². The van der Waals surface area contributed by atoms with Gasteiger partial charge in [0.25, 0.3) is 5.56 Å². The van der Waals surface area contributed by atoms with Gasteiger partial charge in [-0.25, -0.2) is 14.5 Å². The molecule has 2 heterocycles. The van der Waals surface area contributed by atoms with Crippen LogP contribution in [0.4, 0.5) is 5.69 Å². The minimum Gasteiger partial charge on any atom is -0.325 e. The van der Waals surface area contributed by atoms with Crippen molar-refractivity contribution in [3.8, 4) is 5.82 Å². The van der Waals surface area contributed by atoms with E-state index in [1.807, 2.05) is 62.4 Å². The summed E-state index contributed by atoms with van der Waals surface area (Å²) in [6.45, 7) is 5.68. The maximum absolute atomic E-state index is 13.3. The quantitative estimate of drug-likeness (QED) is 0.372. The molecule has 156 valence electrons. The number of para-hydroxylation sites is 2. The van der Waals surface area contributed by atoms with Crippen molar-refractivity contribution in [2.45, 2.75) is 31.2 Å². The van der Waals surface area contributed by atoms with E-state index in [0.717, 1.165) is 16.8 Å². The smallest absolute Gasteiger partial charge is 0.267 e. The summed E-state index contributed by atoms with van der Waals surface area (Å²) >= 11 is 1.23. The van der Waals surface area contributed by atoms with Crippen molar-refractivity contribution < 1.29 is 4.79 Å². The lowest BCUT2D eigenvalue weighted by Crippen LogP contribution is -2.27. The molecule has 0 radical (unpaired) electrons. The van der Waals surface area contributed by atoms with E-state index in [1.165, 1.54) is 16.3 Å². The fraction of sp³-hybridized carbons (Fsp3) is 0.167. The number of carbonyl (C=O) groups excluding carboxylic acids is 1. The molecule has 4 rings (SSSR count). The van der Waals surface area contributed by atoms with Crippen molar-refractivity contribution in [1.82, 2.24) is 14.5 Å². The minimum absolute atomic E-state index is 0.162. The summed E-state index contributed by atoms with van der Waals surface area (Å²) in [5.74, 6) is 0.322. The van der Waals surface area contributed by atoms with Gasteiger partial charge in [-0.15, -0.1) is 0 Å². The van der Waals surface area contributed by atoms with Crippen LogP contribution in [0.15, 0.2) is 76.8 Å². The highest BCUT2D eigenvalue weighted by Gasteiger charge is 2.21. The summed E-state index contributed by atoms with van der Waals surface area (Å²) in [6, 6.07) is 18.5. The summed E-state index contributed by atoms with van der Waals surface area (Å²) in [4.78, 5) is 35.2. The van der Waals surface area contributed by atoms with E-state index in [4.69, 9.17) is 4.98 Å². The van der Waals surface area contributed by atoms with Crippen LogP contribution in [-0.4, -0.2) is 25.7 Å². The first-order chi connectivity index (χ1) is 14.9. The van der Waals surface area contributed by atoms with Crippen molar-refractivity contribution in [2.75, 3.05) is 5.32 Å². The Kier molecular flexibility index (Phi) is 5.86. The number of hydrogen-bond acceptors (Lipinski definition) is 5. The van der Waals surface area contributed by atoms with Crippen LogP contribution in [0.25, 0.3) is 16.7 Å². The Bertz CT molecular complexity index is 1330. The number of anilines is 1. The summed E-state index contributed by atoms with van der Waals surface area (Å²) in [7, 11) is 0. The van der Waals surface area contributed by atoms with E-state index in [0.29, 0.717) is 21.9 Å². The van der Waals surface area contributed by atoms with Gasteiger partial charge >= 0.3 is 0 Å². The average Bonchev–Trinajstić information content (AvgIpc) is 2.75. The number of nitrogens with zero attached hydrogens (tertiary/aromatic N) is 3. The molecule has 4 aromatic rings. The van der Waals surface area contributed by atoms with E-state index < -0.39 is 5.25 Å². The largest absolute Gasteiger partial charge is 0.325 e. The van der Waals surface area contributed by atoms with Crippen LogP contribution in [0, 0.1) is 13.8 Å². The van der Waals surface area contributed by atoms with E-state index in [-0.39, 0.29) is 11.5 Å². The lowest BCUT2D eigenvalue weighted by molar-refractivity contribution is -0.115. The molecule has 0 aliphatic rings. The Morgan fingerprint density at radius 3 is 2.58 bits per heavy atom. The van der Waals surface area contributed by atoms with Gasteiger partial charge in [0.05, 0.1) is 16.2 Å². The van der Waals surface area contributed by atoms with Gasteiger partial charge in [0.2, 0.25) is 5.91 Å². The van der Waals surface area contributed by atoms with E-state index in [1.54, 1.807) is 25.3 Å². The third-order valence-corrected chi connectivity index (χ3v) is 5.98. The van der Waals surface area contributed by atoms with Crippen molar-refractivity contribution in [3.63, 3.8) is 0 Å². The zero-order valence-corrected chi connectivity index (χ0v) is 18.3. The first-order valence-corrected chi connectivity index (χ1v) is 10.8.